The molecule has 0 spiro atoms. The van der Waals surface area contributed by atoms with E-state index >= 15 is 0 Å². The molecule has 0 aromatic carbocycles. The zero-order chi connectivity index (χ0) is 8.72. The van der Waals surface area contributed by atoms with Gasteiger partial charge in [0.15, 0.2) is 0 Å². The number of pyridine rings is 1. The molecule has 1 aliphatic rings. The highest BCUT2D eigenvalue weighted by molar-refractivity contribution is 6.31. The van der Waals surface area contributed by atoms with Crippen LogP contribution in [-0.2, 0) is 0 Å². The summed E-state index contributed by atoms with van der Waals surface area (Å²) in [6, 6.07) is 1.94. The Labute approximate surface area is 76.7 Å². The Hall–Kier alpha value is -0.760. The third kappa shape index (κ3) is 1.27. The number of nitrogens with zero attached hydrogens (tertiary/aromatic N) is 1. The van der Waals surface area contributed by atoms with Crippen molar-refractivity contribution in [2.45, 2.75) is 25.7 Å². The third-order valence-corrected chi connectivity index (χ3v) is 2.65. The predicted octanol–water partition coefficient (Wildman–Crippen LogP) is 2.50. The van der Waals surface area contributed by atoms with Gasteiger partial charge in [-0.05, 0) is 25.8 Å². The molecule has 0 atom stereocenters. The van der Waals surface area contributed by atoms with Crippen LogP contribution in [0.15, 0.2) is 6.07 Å². The molecule has 1 aromatic rings. The summed E-state index contributed by atoms with van der Waals surface area (Å²) >= 11 is 5.97. The molecule has 0 amide bonds. The first-order valence-electron chi connectivity index (χ1n) is 4.11. The van der Waals surface area contributed by atoms with Gasteiger partial charge in [0, 0.05) is 22.2 Å². The molecule has 2 N–H and O–H groups in total. The van der Waals surface area contributed by atoms with Gasteiger partial charge < -0.3 is 5.73 Å². The molecule has 0 radical (unpaired) electrons. The molecule has 12 heavy (non-hydrogen) atoms. The highest BCUT2D eigenvalue weighted by Gasteiger charge is 2.25. The van der Waals surface area contributed by atoms with Crippen molar-refractivity contribution in [1.82, 2.24) is 4.98 Å². The molecule has 2 rings (SSSR count). The smallest absolute Gasteiger partial charge is 0.128 e. The Morgan fingerprint density at radius 2 is 2.25 bits per heavy atom. The fourth-order valence-electron chi connectivity index (χ4n) is 1.20. The maximum Gasteiger partial charge on any atom is 0.128 e. The molecule has 1 aromatic heterocycles. The molecule has 0 aliphatic heterocycles. The fraction of sp³-hybridized carbons (Fsp3) is 0.444. The number of nitrogens with two attached hydrogens (primary N) is 1. The summed E-state index contributed by atoms with van der Waals surface area (Å²) in [5.41, 5.74) is 7.64. The Kier molecular flexibility index (Phi) is 1.72. The predicted molar refractivity (Wildman–Crippen MR) is 50.4 cm³/mol. The van der Waals surface area contributed by atoms with Crippen molar-refractivity contribution < 1.29 is 0 Å². The highest BCUT2D eigenvalue weighted by atomic mass is 35.5. The average molecular weight is 183 g/mol. The molecule has 1 fully saturated rings. The summed E-state index contributed by atoms with van der Waals surface area (Å²) in [5.74, 6) is 1.19. The topological polar surface area (TPSA) is 38.9 Å². The summed E-state index contributed by atoms with van der Waals surface area (Å²) in [7, 11) is 0. The van der Waals surface area contributed by atoms with Crippen LogP contribution in [0.4, 0.5) is 5.82 Å². The number of hydrogen-bond donors (Lipinski definition) is 1. The minimum atomic E-state index is 0.574. The lowest BCUT2D eigenvalue weighted by molar-refractivity contribution is 1.02. The highest BCUT2D eigenvalue weighted by Crippen LogP contribution is 2.40. The molecule has 2 nitrogen and oxygen atoms in total. The fourth-order valence-corrected chi connectivity index (χ4v) is 1.41. The van der Waals surface area contributed by atoms with Gasteiger partial charge in [-0.3, -0.25) is 0 Å². The van der Waals surface area contributed by atoms with Crippen molar-refractivity contribution >= 4 is 17.4 Å². The first kappa shape index (κ1) is 7.87. The lowest BCUT2D eigenvalue weighted by Gasteiger charge is -2.04. The van der Waals surface area contributed by atoms with Crippen molar-refractivity contribution in [2.24, 2.45) is 0 Å². The number of aromatic nitrogens is 1. The van der Waals surface area contributed by atoms with Crippen LogP contribution in [0.2, 0.25) is 5.02 Å². The number of rotatable bonds is 1. The van der Waals surface area contributed by atoms with E-state index in [0.717, 1.165) is 16.3 Å². The maximum atomic E-state index is 5.97. The van der Waals surface area contributed by atoms with Gasteiger partial charge in [0.25, 0.3) is 0 Å². The molecule has 3 heteroatoms. The van der Waals surface area contributed by atoms with Crippen LogP contribution in [0, 0.1) is 6.92 Å². The second-order valence-corrected chi connectivity index (χ2v) is 3.72. The Morgan fingerprint density at radius 1 is 1.58 bits per heavy atom. The lowest BCUT2D eigenvalue weighted by atomic mass is 10.2. The van der Waals surface area contributed by atoms with Crippen molar-refractivity contribution in [2.75, 3.05) is 5.73 Å². The van der Waals surface area contributed by atoms with Crippen LogP contribution in [0.3, 0.4) is 0 Å². The molecular weight excluding hydrogens is 172 g/mol. The number of anilines is 1. The van der Waals surface area contributed by atoms with Crippen LogP contribution >= 0.6 is 11.6 Å². The van der Waals surface area contributed by atoms with Gasteiger partial charge in [0.05, 0.1) is 0 Å². The van der Waals surface area contributed by atoms with Gasteiger partial charge in [-0.2, -0.15) is 0 Å². The molecule has 0 unspecified atom stereocenters. The van der Waals surface area contributed by atoms with E-state index < -0.39 is 0 Å². The molecular formula is C9H11ClN2. The van der Waals surface area contributed by atoms with Crippen molar-refractivity contribution in [3.63, 3.8) is 0 Å². The number of halogens is 1. The van der Waals surface area contributed by atoms with Crippen molar-refractivity contribution in [3.05, 3.63) is 22.3 Å². The van der Waals surface area contributed by atoms with Gasteiger partial charge >= 0.3 is 0 Å². The Balaban J connectivity index is 2.45. The summed E-state index contributed by atoms with van der Waals surface area (Å²) in [6.07, 6.45) is 2.46. The minimum Gasteiger partial charge on any atom is -0.383 e. The first-order valence-corrected chi connectivity index (χ1v) is 4.49. The van der Waals surface area contributed by atoms with Gasteiger partial charge in [-0.15, -0.1) is 0 Å². The zero-order valence-corrected chi connectivity index (χ0v) is 7.73. The van der Waals surface area contributed by atoms with Crippen molar-refractivity contribution in [1.29, 1.82) is 0 Å². The summed E-state index contributed by atoms with van der Waals surface area (Å²) < 4.78 is 0. The van der Waals surface area contributed by atoms with Gasteiger partial charge in [-0.25, -0.2) is 4.98 Å². The average Bonchev–Trinajstić information content (AvgIpc) is 2.81. The number of hydrogen-bond acceptors (Lipinski definition) is 2. The van der Waals surface area contributed by atoms with Gasteiger partial charge in [-0.1, -0.05) is 11.6 Å². The second kappa shape index (κ2) is 2.63. The zero-order valence-electron chi connectivity index (χ0n) is 6.97. The Bertz CT molecular complexity index is 295. The monoisotopic (exact) mass is 182 g/mol. The summed E-state index contributed by atoms with van der Waals surface area (Å²) in [5, 5.41) is 0.740. The molecule has 0 saturated heterocycles. The SMILES string of the molecule is Cc1c(Cl)cc(C2CC2)nc1N. The van der Waals surface area contributed by atoms with Crippen LogP contribution in [0.5, 0.6) is 0 Å². The van der Waals surface area contributed by atoms with Gasteiger partial charge in [0.2, 0.25) is 0 Å². The van der Waals surface area contributed by atoms with E-state index in [0.29, 0.717) is 11.7 Å². The maximum absolute atomic E-state index is 5.97. The van der Waals surface area contributed by atoms with E-state index in [1.54, 1.807) is 0 Å². The summed E-state index contributed by atoms with van der Waals surface area (Å²) in [6.45, 7) is 1.89. The van der Waals surface area contributed by atoms with Crippen LogP contribution in [0.25, 0.3) is 0 Å². The van der Waals surface area contributed by atoms with E-state index in [1.165, 1.54) is 12.8 Å². The van der Waals surface area contributed by atoms with E-state index in [4.69, 9.17) is 17.3 Å². The molecule has 1 aliphatic carbocycles. The quantitative estimate of drug-likeness (QED) is 0.725. The molecule has 64 valence electrons. The third-order valence-electron chi connectivity index (χ3n) is 2.26. The van der Waals surface area contributed by atoms with Crippen LogP contribution in [0.1, 0.15) is 30.0 Å². The van der Waals surface area contributed by atoms with Crippen LogP contribution in [-0.4, -0.2) is 4.98 Å². The van der Waals surface area contributed by atoms with E-state index in [-0.39, 0.29) is 0 Å². The Morgan fingerprint density at radius 3 is 2.75 bits per heavy atom. The van der Waals surface area contributed by atoms with Crippen molar-refractivity contribution in [3.8, 4) is 0 Å². The number of nitrogen functional groups attached to an aromatic ring is 1. The minimum absolute atomic E-state index is 0.574. The largest absolute Gasteiger partial charge is 0.383 e. The normalized spacial score (nSPS) is 16.5. The van der Waals surface area contributed by atoms with Crippen LogP contribution < -0.4 is 5.73 Å². The van der Waals surface area contributed by atoms with E-state index in [2.05, 4.69) is 4.98 Å². The summed E-state index contributed by atoms with van der Waals surface area (Å²) in [4.78, 5) is 4.29. The molecule has 0 bridgehead atoms. The van der Waals surface area contributed by atoms with Gasteiger partial charge in [0.1, 0.15) is 5.82 Å². The standard InChI is InChI=1S/C9H11ClN2/c1-5-7(10)4-8(6-2-3-6)12-9(5)11/h4,6H,2-3H2,1H3,(H2,11,12). The first-order chi connectivity index (χ1) is 5.68. The van der Waals surface area contributed by atoms with E-state index in [1.807, 2.05) is 13.0 Å². The molecule has 1 heterocycles. The lowest BCUT2D eigenvalue weighted by Crippen LogP contribution is -1.98. The molecule has 1 saturated carbocycles. The second-order valence-electron chi connectivity index (χ2n) is 3.31. The van der Waals surface area contributed by atoms with E-state index in [9.17, 15) is 0 Å².